The second kappa shape index (κ2) is 9.53. The summed E-state index contributed by atoms with van der Waals surface area (Å²) in [5.74, 6) is 2.11. The standard InChI is InChI=1S/C18H29N3O2/c19-12-17(20)18(22)21-13-15-8-6-14(7-9-15)10-11-23-16-4-2-1-3-5-16/h1-5,14-15,17H,6-13,19-20H2,(H,21,22). The first-order valence-electron chi connectivity index (χ1n) is 8.60. The molecule has 5 nitrogen and oxygen atoms in total. The van der Waals surface area contributed by atoms with Gasteiger partial charge in [-0.25, -0.2) is 0 Å². The average Bonchev–Trinajstić information content (AvgIpc) is 2.61. The van der Waals surface area contributed by atoms with E-state index in [0.29, 0.717) is 5.92 Å². The molecule has 5 heteroatoms. The highest BCUT2D eigenvalue weighted by Gasteiger charge is 2.22. The molecule has 0 bridgehead atoms. The summed E-state index contributed by atoms with van der Waals surface area (Å²) in [5, 5.41) is 2.91. The Morgan fingerprint density at radius 3 is 2.48 bits per heavy atom. The fourth-order valence-electron chi connectivity index (χ4n) is 3.07. The van der Waals surface area contributed by atoms with Gasteiger partial charge in [0.1, 0.15) is 5.75 Å². The third-order valence-electron chi connectivity index (χ3n) is 4.66. The topological polar surface area (TPSA) is 90.4 Å². The highest BCUT2D eigenvalue weighted by Crippen LogP contribution is 2.30. The van der Waals surface area contributed by atoms with Gasteiger partial charge < -0.3 is 21.5 Å². The number of nitrogens with one attached hydrogen (secondary N) is 1. The molecule has 1 unspecified atom stereocenters. The van der Waals surface area contributed by atoms with E-state index < -0.39 is 6.04 Å². The van der Waals surface area contributed by atoms with Crippen molar-refractivity contribution < 1.29 is 9.53 Å². The maximum absolute atomic E-state index is 11.6. The van der Waals surface area contributed by atoms with Gasteiger partial charge in [0, 0.05) is 13.1 Å². The van der Waals surface area contributed by atoms with E-state index in [-0.39, 0.29) is 12.5 Å². The molecule has 2 rings (SSSR count). The van der Waals surface area contributed by atoms with Crippen LogP contribution in [0.2, 0.25) is 0 Å². The van der Waals surface area contributed by atoms with Crippen molar-refractivity contribution in [2.45, 2.75) is 38.1 Å². The van der Waals surface area contributed by atoms with Gasteiger partial charge in [0.25, 0.3) is 0 Å². The third-order valence-corrected chi connectivity index (χ3v) is 4.66. The number of carbonyl (C=O) groups excluding carboxylic acids is 1. The van der Waals surface area contributed by atoms with Gasteiger partial charge in [-0.2, -0.15) is 0 Å². The van der Waals surface area contributed by atoms with E-state index in [1.54, 1.807) is 0 Å². The maximum Gasteiger partial charge on any atom is 0.238 e. The van der Waals surface area contributed by atoms with E-state index in [9.17, 15) is 4.79 Å². The first-order valence-corrected chi connectivity index (χ1v) is 8.60. The molecule has 1 atom stereocenters. The van der Waals surface area contributed by atoms with Gasteiger partial charge >= 0.3 is 0 Å². The van der Waals surface area contributed by atoms with Crippen LogP contribution in [0.4, 0.5) is 0 Å². The van der Waals surface area contributed by atoms with Gasteiger partial charge in [-0.3, -0.25) is 4.79 Å². The molecule has 1 fully saturated rings. The Morgan fingerprint density at radius 2 is 1.83 bits per heavy atom. The number of benzene rings is 1. The largest absolute Gasteiger partial charge is 0.494 e. The first kappa shape index (κ1) is 17.8. The van der Waals surface area contributed by atoms with Crippen molar-refractivity contribution in [3.8, 4) is 5.75 Å². The van der Waals surface area contributed by atoms with Crippen LogP contribution in [-0.4, -0.2) is 31.6 Å². The zero-order chi connectivity index (χ0) is 16.5. The van der Waals surface area contributed by atoms with Crippen molar-refractivity contribution >= 4 is 5.91 Å². The van der Waals surface area contributed by atoms with Crippen molar-refractivity contribution in [1.29, 1.82) is 0 Å². The smallest absolute Gasteiger partial charge is 0.238 e. The molecule has 1 aliphatic carbocycles. The van der Waals surface area contributed by atoms with Crippen LogP contribution in [0, 0.1) is 11.8 Å². The van der Waals surface area contributed by atoms with Crippen LogP contribution in [0.15, 0.2) is 30.3 Å². The zero-order valence-electron chi connectivity index (χ0n) is 13.7. The number of hydrogen-bond donors (Lipinski definition) is 3. The van der Waals surface area contributed by atoms with E-state index in [2.05, 4.69) is 5.32 Å². The van der Waals surface area contributed by atoms with Crippen LogP contribution in [0.5, 0.6) is 5.75 Å². The van der Waals surface area contributed by atoms with Crippen molar-refractivity contribution in [2.24, 2.45) is 23.3 Å². The number of rotatable bonds is 8. The fraction of sp³-hybridized carbons (Fsp3) is 0.611. The lowest BCUT2D eigenvalue weighted by atomic mass is 9.80. The van der Waals surface area contributed by atoms with Gasteiger partial charge in [-0.05, 0) is 56.1 Å². The predicted octanol–water partition coefficient (Wildman–Crippen LogP) is 1.66. The lowest BCUT2D eigenvalue weighted by Gasteiger charge is -2.28. The minimum absolute atomic E-state index is 0.133. The Bertz CT molecular complexity index is 459. The molecule has 0 radical (unpaired) electrons. The second-order valence-corrected chi connectivity index (χ2v) is 6.42. The predicted molar refractivity (Wildman–Crippen MR) is 92.0 cm³/mol. The Kier molecular flexibility index (Phi) is 7.36. The molecule has 1 aromatic carbocycles. The van der Waals surface area contributed by atoms with Crippen LogP contribution in [0.1, 0.15) is 32.1 Å². The highest BCUT2D eigenvalue weighted by atomic mass is 16.5. The third kappa shape index (κ3) is 6.20. The van der Waals surface area contributed by atoms with Crippen LogP contribution >= 0.6 is 0 Å². The van der Waals surface area contributed by atoms with Crippen LogP contribution in [0.25, 0.3) is 0 Å². The molecule has 1 aromatic rings. The molecule has 1 saturated carbocycles. The van der Waals surface area contributed by atoms with E-state index in [4.69, 9.17) is 16.2 Å². The van der Waals surface area contributed by atoms with Crippen molar-refractivity contribution in [2.75, 3.05) is 19.7 Å². The molecule has 1 aliphatic rings. The number of amides is 1. The summed E-state index contributed by atoms with van der Waals surface area (Å²) < 4.78 is 5.77. The Balaban J connectivity index is 1.58. The van der Waals surface area contributed by atoms with E-state index >= 15 is 0 Å². The summed E-state index contributed by atoms with van der Waals surface area (Å²) in [4.78, 5) is 11.6. The fourth-order valence-corrected chi connectivity index (χ4v) is 3.07. The Labute approximate surface area is 138 Å². The summed E-state index contributed by atoms with van der Waals surface area (Å²) in [6.07, 6.45) is 5.84. The van der Waals surface area contributed by atoms with E-state index in [1.807, 2.05) is 30.3 Å². The Hall–Kier alpha value is -1.59. The number of carbonyl (C=O) groups is 1. The number of para-hydroxylation sites is 1. The summed E-state index contributed by atoms with van der Waals surface area (Å²) in [5.41, 5.74) is 11.0. The molecule has 0 aromatic heterocycles. The number of hydrogen-bond acceptors (Lipinski definition) is 4. The molecule has 128 valence electrons. The molecule has 0 spiro atoms. The minimum atomic E-state index is -0.582. The SMILES string of the molecule is NCC(N)C(=O)NCC1CCC(CCOc2ccccc2)CC1. The number of ether oxygens (including phenoxy) is 1. The summed E-state index contributed by atoms with van der Waals surface area (Å²) >= 11 is 0. The Morgan fingerprint density at radius 1 is 1.17 bits per heavy atom. The lowest BCUT2D eigenvalue weighted by Crippen LogP contribution is -2.46. The molecule has 0 saturated heterocycles. The lowest BCUT2D eigenvalue weighted by molar-refractivity contribution is -0.122. The summed E-state index contributed by atoms with van der Waals surface area (Å²) in [7, 11) is 0. The second-order valence-electron chi connectivity index (χ2n) is 6.42. The molecular weight excluding hydrogens is 290 g/mol. The van der Waals surface area contributed by atoms with Gasteiger partial charge in [0.15, 0.2) is 0 Å². The van der Waals surface area contributed by atoms with Crippen molar-refractivity contribution in [1.82, 2.24) is 5.32 Å². The van der Waals surface area contributed by atoms with Gasteiger partial charge in [-0.15, -0.1) is 0 Å². The van der Waals surface area contributed by atoms with Crippen molar-refractivity contribution in [3.63, 3.8) is 0 Å². The quantitative estimate of drug-likeness (QED) is 0.680. The average molecular weight is 319 g/mol. The maximum atomic E-state index is 11.6. The van der Waals surface area contributed by atoms with E-state index in [1.165, 1.54) is 12.8 Å². The van der Waals surface area contributed by atoms with Gasteiger partial charge in [-0.1, -0.05) is 18.2 Å². The van der Waals surface area contributed by atoms with Crippen LogP contribution < -0.4 is 21.5 Å². The summed E-state index contributed by atoms with van der Waals surface area (Å²) in [6.45, 7) is 1.70. The monoisotopic (exact) mass is 319 g/mol. The van der Waals surface area contributed by atoms with Gasteiger partial charge in [0.05, 0.1) is 12.6 Å². The molecule has 1 amide bonds. The first-order chi connectivity index (χ1) is 11.2. The number of nitrogens with two attached hydrogens (primary N) is 2. The molecule has 23 heavy (non-hydrogen) atoms. The summed E-state index contributed by atoms with van der Waals surface area (Å²) in [6, 6.07) is 9.38. The zero-order valence-corrected chi connectivity index (χ0v) is 13.7. The highest BCUT2D eigenvalue weighted by molar-refractivity contribution is 5.81. The van der Waals surface area contributed by atoms with Crippen molar-refractivity contribution in [3.05, 3.63) is 30.3 Å². The molecule has 0 aliphatic heterocycles. The normalized spacial score (nSPS) is 22.3. The molecule has 5 N–H and O–H groups in total. The van der Waals surface area contributed by atoms with Crippen LogP contribution in [-0.2, 0) is 4.79 Å². The van der Waals surface area contributed by atoms with E-state index in [0.717, 1.165) is 44.1 Å². The molecule has 0 heterocycles. The van der Waals surface area contributed by atoms with Crippen LogP contribution in [0.3, 0.4) is 0 Å². The van der Waals surface area contributed by atoms with Gasteiger partial charge in [0.2, 0.25) is 5.91 Å². The minimum Gasteiger partial charge on any atom is -0.494 e. The molecular formula is C18H29N3O2.